The summed E-state index contributed by atoms with van der Waals surface area (Å²) in [5.41, 5.74) is 2.43. The van der Waals surface area contributed by atoms with Crippen molar-refractivity contribution in [3.8, 4) is 0 Å². The molecule has 5 heteroatoms. The van der Waals surface area contributed by atoms with Crippen LogP contribution in [0.3, 0.4) is 0 Å². The van der Waals surface area contributed by atoms with Gasteiger partial charge in [-0.2, -0.15) is 5.10 Å². The SMILES string of the molecule is Cc1nn(C)c(Sc2cccs2)c1CNC(C)C. The molecule has 0 bridgehead atoms. The van der Waals surface area contributed by atoms with E-state index in [-0.39, 0.29) is 0 Å². The van der Waals surface area contributed by atoms with Crippen molar-refractivity contribution in [2.24, 2.45) is 7.05 Å². The molecule has 0 aliphatic carbocycles. The van der Waals surface area contributed by atoms with Crippen LogP contribution in [-0.2, 0) is 13.6 Å². The summed E-state index contributed by atoms with van der Waals surface area (Å²) in [4.78, 5) is 0. The molecule has 2 aromatic heterocycles. The summed E-state index contributed by atoms with van der Waals surface area (Å²) in [5.74, 6) is 0. The van der Waals surface area contributed by atoms with Gasteiger partial charge in [0.05, 0.1) is 9.90 Å². The Morgan fingerprint density at radius 1 is 1.50 bits per heavy atom. The lowest BCUT2D eigenvalue weighted by Gasteiger charge is -2.09. The molecule has 3 nitrogen and oxygen atoms in total. The highest BCUT2D eigenvalue weighted by Gasteiger charge is 2.14. The largest absolute Gasteiger partial charge is 0.310 e. The third kappa shape index (κ3) is 3.16. The minimum Gasteiger partial charge on any atom is -0.310 e. The van der Waals surface area contributed by atoms with Gasteiger partial charge in [-0.25, -0.2) is 0 Å². The second-order valence-corrected chi connectivity index (χ2v) is 6.80. The number of thiophene rings is 1. The van der Waals surface area contributed by atoms with Gasteiger partial charge in [-0.3, -0.25) is 4.68 Å². The monoisotopic (exact) mass is 281 g/mol. The number of nitrogens with zero attached hydrogens (tertiary/aromatic N) is 2. The number of hydrogen-bond acceptors (Lipinski definition) is 4. The van der Waals surface area contributed by atoms with Crippen molar-refractivity contribution in [1.82, 2.24) is 15.1 Å². The fourth-order valence-electron chi connectivity index (χ4n) is 1.74. The number of rotatable bonds is 5. The van der Waals surface area contributed by atoms with Crippen LogP contribution in [-0.4, -0.2) is 15.8 Å². The van der Waals surface area contributed by atoms with Crippen molar-refractivity contribution >= 4 is 23.1 Å². The zero-order chi connectivity index (χ0) is 13.1. The summed E-state index contributed by atoms with van der Waals surface area (Å²) in [6.07, 6.45) is 0. The minimum absolute atomic E-state index is 0.490. The molecular weight excluding hydrogens is 262 g/mol. The van der Waals surface area contributed by atoms with Crippen LogP contribution in [0.4, 0.5) is 0 Å². The third-order valence-electron chi connectivity index (χ3n) is 2.67. The molecular formula is C13H19N3S2. The van der Waals surface area contributed by atoms with Crippen molar-refractivity contribution in [3.05, 3.63) is 28.8 Å². The van der Waals surface area contributed by atoms with Gasteiger partial charge in [-0.1, -0.05) is 31.7 Å². The van der Waals surface area contributed by atoms with Gasteiger partial charge in [-0.05, 0) is 18.4 Å². The fourth-order valence-corrected chi connectivity index (χ4v) is 3.63. The van der Waals surface area contributed by atoms with Crippen LogP contribution in [0.15, 0.2) is 26.7 Å². The second kappa shape index (κ2) is 5.91. The number of nitrogens with one attached hydrogen (secondary N) is 1. The molecule has 18 heavy (non-hydrogen) atoms. The molecule has 0 aromatic carbocycles. The van der Waals surface area contributed by atoms with E-state index in [1.54, 1.807) is 23.1 Å². The van der Waals surface area contributed by atoms with Gasteiger partial charge in [-0.15, -0.1) is 11.3 Å². The molecule has 98 valence electrons. The topological polar surface area (TPSA) is 29.9 Å². The summed E-state index contributed by atoms with van der Waals surface area (Å²) in [6, 6.07) is 4.73. The Morgan fingerprint density at radius 2 is 2.28 bits per heavy atom. The van der Waals surface area contributed by atoms with Gasteiger partial charge >= 0.3 is 0 Å². The first-order valence-electron chi connectivity index (χ1n) is 6.05. The Bertz CT molecular complexity index is 501. The Labute approximate surface area is 117 Å². The minimum atomic E-state index is 0.490. The summed E-state index contributed by atoms with van der Waals surface area (Å²) >= 11 is 3.57. The lowest BCUT2D eigenvalue weighted by atomic mass is 10.2. The molecule has 1 N–H and O–H groups in total. The van der Waals surface area contributed by atoms with E-state index in [9.17, 15) is 0 Å². The highest BCUT2D eigenvalue weighted by atomic mass is 32.2. The van der Waals surface area contributed by atoms with Gasteiger partial charge in [0.25, 0.3) is 0 Å². The molecule has 0 saturated carbocycles. The second-order valence-electron chi connectivity index (χ2n) is 4.56. The lowest BCUT2D eigenvalue weighted by Crippen LogP contribution is -2.22. The maximum absolute atomic E-state index is 4.53. The van der Waals surface area contributed by atoms with E-state index in [4.69, 9.17) is 0 Å². The number of hydrogen-bond donors (Lipinski definition) is 1. The maximum Gasteiger partial charge on any atom is 0.104 e. The lowest BCUT2D eigenvalue weighted by molar-refractivity contribution is 0.580. The van der Waals surface area contributed by atoms with Gasteiger partial charge in [0.1, 0.15) is 5.03 Å². The number of aryl methyl sites for hydroxylation is 2. The van der Waals surface area contributed by atoms with Gasteiger partial charge in [0.2, 0.25) is 0 Å². The average molecular weight is 281 g/mol. The van der Waals surface area contributed by atoms with Crippen LogP contribution in [0.1, 0.15) is 25.1 Å². The molecule has 0 saturated heterocycles. The highest BCUT2D eigenvalue weighted by molar-refractivity contribution is 8.01. The van der Waals surface area contributed by atoms with Crippen LogP contribution in [0.2, 0.25) is 0 Å². The van der Waals surface area contributed by atoms with Crippen LogP contribution in [0.5, 0.6) is 0 Å². The molecule has 2 aromatic rings. The quantitative estimate of drug-likeness (QED) is 0.910. The first kappa shape index (κ1) is 13.6. The zero-order valence-corrected chi connectivity index (χ0v) is 12.9. The zero-order valence-electron chi connectivity index (χ0n) is 11.2. The van der Waals surface area contributed by atoms with Crippen molar-refractivity contribution < 1.29 is 0 Å². The van der Waals surface area contributed by atoms with Crippen molar-refractivity contribution in [2.75, 3.05) is 0 Å². The summed E-state index contributed by atoms with van der Waals surface area (Å²) in [6.45, 7) is 7.29. The highest BCUT2D eigenvalue weighted by Crippen LogP contribution is 2.34. The van der Waals surface area contributed by atoms with E-state index in [1.807, 2.05) is 11.7 Å². The molecule has 0 aliphatic heterocycles. The van der Waals surface area contributed by atoms with Crippen LogP contribution in [0, 0.1) is 6.92 Å². The molecule has 0 aliphatic rings. The predicted octanol–water partition coefficient (Wildman–Crippen LogP) is 3.44. The molecule has 0 unspecified atom stereocenters. The van der Waals surface area contributed by atoms with Crippen molar-refractivity contribution in [2.45, 2.75) is 42.6 Å². The van der Waals surface area contributed by atoms with Crippen LogP contribution >= 0.6 is 23.1 Å². The molecule has 0 fully saturated rings. The van der Waals surface area contributed by atoms with E-state index in [0.29, 0.717) is 6.04 Å². The van der Waals surface area contributed by atoms with Crippen LogP contribution in [0.25, 0.3) is 0 Å². The van der Waals surface area contributed by atoms with Gasteiger partial charge < -0.3 is 5.32 Å². The third-order valence-corrected chi connectivity index (χ3v) is 4.91. The number of aromatic nitrogens is 2. The Balaban J connectivity index is 2.22. The normalized spacial score (nSPS) is 11.4. The molecule has 2 rings (SSSR count). The van der Waals surface area contributed by atoms with Gasteiger partial charge in [0, 0.05) is 25.2 Å². The van der Waals surface area contributed by atoms with Crippen LogP contribution < -0.4 is 5.32 Å². The first-order chi connectivity index (χ1) is 8.58. The van der Waals surface area contributed by atoms with Crippen molar-refractivity contribution in [3.63, 3.8) is 0 Å². The molecule has 0 atom stereocenters. The fraction of sp³-hybridized carbons (Fsp3) is 0.462. The van der Waals surface area contributed by atoms with E-state index in [0.717, 1.165) is 12.2 Å². The van der Waals surface area contributed by atoms with E-state index in [1.165, 1.54) is 14.8 Å². The van der Waals surface area contributed by atoms with Gasteiger partial charge in [0.15, 0.2) is 0 Å². The maximum atomic E-state index is 4.53. The Hall–Kier alpha value is -0.780. The first-order valence-corrected chi connectivity index (χ1v) is 7.74. The smallest absolute Gasteiger partial charge is 0.104 e. The van der Waals surface area contributed by atoms with E-state index >= 15 is 0 Å². The molecule has 0 amide bonds. The summed E-state index contributed by atoms with van der Waals surface area (Å²) < 4.78 is 3.29. The summed E-state index contributed by atoms with van der Waals surface area (Å²) in [5, 5.41) is 11.4. The Kier molecular flexibility index (Phi) is 4.48. The standard InChI is InChI=1S/C13H19N3S2/c1-9(2)14-8-11-10(3)15-16(4)13(11)18-12-6-5-7-17-12/h5-7,9,14H,8H2,1-4H3. The summed E-state index contributed by atoms with van der Waals surface area (Å²) in [7, 11) is 2.02. The molecule has 0 radical (unpaired) electrons. The predicted molar refractivity (Wildman–Crippen MR) is 78.4 cm³/mol. The molecule has 0 spiro atoms. The van der Waals surface area contributed by atoms with E-state index in [2.05, 4.69) is 48.7 Å². The average Bonchev–Trinajstić information content (AvgIpc) is 2.87. The van der Waals surface area contributed by atoms with Crippen molar-refractivity contribution in [1.29, 1.82) is 0 Å². The van der Waals surface area contributed by atoms with E-state index < -0.39 is 0 Å². The molecule has 2 heterocycles. The Morgan fingerprint density at radius 3 is 2.89 bits per heavy atom.